The predicted octanol–water partition coefficient (Wildman–Crippen LogP) is 2.26. The fraction of sp³-hybridized carbons (Fsp3) is 0.231. The fourth-order valence-corrected chi connectivity index (χ4v) is 2.32. The standard InChI is InChI=1S/C13H12N2O3S/c1-9(17)18-12-5-4-10(7-14-12)13-15-11(8-19-13)3-2-6-16/h4-8H,2-3H2,1H3. The molecule has 0 saturated heterocycles. The number of pyridine rings is 1. The maximum Gasteiger partial charge on any atom is 0.309 e. The molecule has 0 aliphatic heterocycles. The Bertz CT molecular complexity index is 578. The lowest BCUT2D eigenvalue weighted by molar-refractivity contribution is -0.132. The van der Waals surface area contributed by atoms with Crippen molar-refractivity contribution in [1.82, 2.24) is 9.97 Å². The molecule has 2 rings (SSSR count). The first-order chi connectivity index (χ1) is 9.19. The van der Waals surface area contributed by atoms with E-state index in [-0.39, 0.29) is 5.88 Å². The highest BCUT2D eigenvalue weighted by Gasteiger charge is 2.06. The van der Waals surface area contributed by atoms with Crippen LogP contribution in [0.15, 0.2) is 23.7 Å². The van der Waals surface area contributed by atoms with Crippen LogP contribution in [0.5, 0.6) is 5.88 Å². The molecule has 6 heteroatoms. The molecule has 0 N–H and O–H groups in total. The summed E-state index contributed by atoms with van der Waals surface area (Å²) in [4.78, 5) is 29.5. The van der Waals surface area contributed by atoms with Gasteiger partial charge in [0.15, 0.2) is 0 Å². The average molecular weight is 276 g/mol. The molecule has 0 spiro atoms. The summed E-state index contributed by atoms with van der Waals surface area (Å²) in [6.45, 7) is 1.33. The first-order valence-electron chi connectivity index (χ1n) is 5.72. The van der Waals surface area contributed by atoms with Gasteiger partial charge in [0, 0.05) is 36.6 Å². The molecule has 0 aromatic carbocycles. The Morgan fingerprint density at radius 2 is 2.32 bits per heavy atom. The van der Waals surface area contributed by atoms with Gasteiger partial charge in [0.05, 0.1) is 5.69 Å². The summed E-state index contributed by atoms with van der Waals surface area (Å²) in [5.41, 5.74) is 1.76. The van der Waals surface area contributed by atoms with Gasteiger partial charge < -0.3 is 9.53 Å². The normalized spacial score (nSPS) is 10.2. The molecule has 0 bridgehead atoms. The van der Waals surface area contributed by atoms with Gasteiger partial charge in [0.1, 0.15) is 11.3 Å². The molecule has 0 aliphatic carbocycles. The van der Waals surface area contributed by atoms with Crippen molar-refractivity contribution in [3.05, 3.63) is 29.4 Å². The molecular weight excluding hydrogens is 264 g/mol. The number of thiazole rings is 1. The summed E-state index contributed by atoms with van der Waals surface area (Å²) in [7, 11) is 0. The molecule has 0 radical (unpaired) electrons. The van der Waals surface area contributed by atoms with Crippen LogP contribution in [0.2, 0.25) is 0 Å². The average Bonchev–Trinajstić information content (AvgIpc) is 2.85. The number of carbonyl (C=O) groups is 2. The van der Waals surface area contributed by atoms with Gasteiger partial charge in [-0.1, -0.05) is 0 Å². The second-order valence-electron chi connectivity index (χ2n) is 3.83. The number of hydrogen-bond acceptors (Lipinski definition) is 6. The Balaban J connectivity index is 2.10. The van der Waals surface area contributed by atoms with Gasteiger partial charge in [-0.15, -0.1) is 11.3 Å². The molecular formula is C13H12N2O3S. The highest BCUT2D eigenvalue weighted by atomic mass is 32.1. The summed E-state index contributed by atoms with van der Waals surface area (Å²) < 4.78 is 4.86. The number of hydrogen-bond donors (Lipinski definition) is 0. The van der Waals surface area contributed by atoms with Gasteiger partial charge in [0.2, 0.25) is 5.88 Å². The molecule has 0 saturated carbocycles. The molecule has 5 nitrogen and oxygen atoms in total. The monoisotopic (exact) mass is 276 g/mol. The van der Waals surface area contributed by atoms with Gasteiger partial charge in [-0.25, -0.2) is 9.97 Å². The molecule has 2 aromatic heterocycles. The summed E-state index contributed by atoms with van der Waals surface area (Å²) in [5.74, 6) is -0.125. The summed E-state index contributed by atoms with van der Waals surface area (Å²) >= 11 is 1.50. The predicted molar refractivity (Wildman–Crippen MR) is 71.0 cm³/mol. The van der Waals surface area contributed by atoms with E-state index >= 15 is 0 Å². The van der Waals surface area contributed by atoms with Crippen LogP contribution < -0.4 is 4.74 Å². The molecule has 19 heavy (non-hydrogen) atoms. The van der Waals surface area contributed by atoms with Crippen LogP contribution in [0.25, 0.3) is 10.6 Å². The number of nitrogens with zero attached hydrogens (tertiary/aromatic N) is 2. The van der Waals surface area contributed by atoms with Crippen molar-refractivity contribution in [3.63, 3.8) is 0 Å². The van der Waals surface area contributed by atoms with Crippen LogP contribution in [0, 0.1) is 0 Å². The van der Waals surface area contributed by atoms with Crippen molar-refractivity contribution in [2.45, 2.75) is 19.8 Å². The molecule has 98 valence electrons. The number of aromatic nitrogens is 2. The minimum absolute atomic E-state index is 0.272. The number of aldehydes is 1. The maximum absolute atomic E-state index is 10.8. The van der Waals surface area contributed by atoms with Crippen LogP contribution in [0.3, 0.4) is 0 Å². The quantitative estimate of drug-likeness (QED) is 0.619. The van der Waals surface area contributed by atoms with Crippen LogP contribution in [-0.2, 0) is 16.0 Å². The molecule has 0 fully saturated rings. The largest absolute Gasteiger partial charge is 0.408 e. The van der Waals surface area contributed by atoms with Crippen LogP contribution in [0.1, 0.15) is 19.0 Å². The zero-order valence-corrected chi connectivity index (χ0v) is 11.1. The Labute approximate surface area is 114 Å². The molecule has 0 atom stereocenters. The third kappa shape index (κ3) is 3.69. The maximum atomic E-state index is 10.8. The SMILES string of the molecule is CC(=O)Oc1ccc(-c2nc(CCC=O)cs2)cn1. The second kappa shape index (κ2) is 6.19. The topological polar surface area (TPSA) is 69.2 Å². The van der Waals surface area contributed by atoms with Gasteiger partial charge in [-0.05, 0) is 12.5 Å². The van der Waals surface area contributed by atoms with Crippen molar-refractivity contribution in [2.24, 2.45) is 0 Å². The van der Waals surface area contributed by atoms with Crippen molar-refractivity contribution in [2.75, 3.05) is 0 Å². The Morgan fingerprint density at radius 3 is 2.95 bits per heavy atom. The van der Waals surface area contributed by atoms with Crippen molar-refractivity contribution < 1.29 is 14.3 Å². The lowest BCUT2D eigenvalue weighted by Crippen LogP contribution is -2.02. The van der Waals surface area contributed by atoms with E-state index in [4.69, 9.17) is 4.74 Å². The summed E-state index contributed by atoms with van der Waals surface area (Å²) in [6, 6.07) is 3.43. The lowest BCUT2D eigenvalue weighted by atomic mass is 10.2. The first kappa shape index (κ1) is 13.4. The zero-order valence-electron chi connectivity index (χ0n) is 10.3. The highest BCUT2D eigenvalue weighted by Crippen LogP contribution is 2.24. The second-order valence-corrected chi connectivity index (χ2v) is 4.69. The molecule has 0 amide bonds. The molecule has 2 aromatic rings. The van der Waals surface area contributed by atoms with E-state index in [9.17, 15) is 9.59 Å². The minimum Gasteiger partial charge on any atom is -0.408 e. The smallest absolute Gasteiger partial charge is 0.309 e. The van der Waals surface area contributed by atoms with Crippen LogP contribution in [-0.4, -0.2) is 22.2 Å². The van der Waals surface area contributed by atoms with E-state index in [1.54, 1.807) is 18.3 Å². The van der Waals surface area contributed by atoms with E-state index in [1.807, 2.05) is 5.38 Å². The number of ether oxygens (including phenoxy) is 1. The molecule has 2 heterocycles. The molecule has 0 aliphatic rings. The van der Waals surface area contributed by atoms with Crippen molar-refractivity contribution in [3.8, 4) is 16.5 Å². The Hall–Kier alpha value is -2.08. The fourth-order valence-electron chi connectivity index (χ4n) is 1.48. The zero-order chi connectivity index (χ0) is 13.7. The van der Waals surface area contributed by atoms with Gasteiger partial charge in [-0.3, -0.25) is 4.79 Å². The number of carbonyl (C=O) groups excluding carboxylic acids is 2. The first-order valence-corrected chi connectivity index (χ1v) is 6.60. The van der Waals surface area contributed by atoms with Crippen LogP contribution >= 0.6 is 11.3 Å². The van der Waals surface area contributed by atoms with Crippen molar-refractivity contribution >= 4 is 23.6 Å². The Kier molecular flexibility index (Phi) is 4.35. The van der Waals surface area contributed by atoms with Crippen LogP contribution in [0.4, 0.5) is 0 Å². The van der Waals surface area contributed by atoms with Gasteiger partial charge >= 0.3 is 5.97 Å². The third-order valence-electron chi connectivity index (χ3n) is 2.30. The van der Waals surface area contributed by atoms with E-state index in [1.165, 1.54) is 18.3 Å². The van der Waals surface area contributed by atoms with E-state index in [2.05, 4.69) is 9.97 Å². The summed E-state index contributed by atoms with van der Waals surface area (Å²) in [6.07, 6.45) is 3.63. The molecule has 0 unspecified atom stereocenters. The number of esters is 1. The number of rotatable bonds is 5. The minimum atomic E-state index is -0.398. The highest BCUT2D eigenvalue weighted by molar-refractivity contribution is 7.13. The number of aryl methyl sites for hydroxylation is 1. The third-order valence-corrected chi connectivity index (χ3v) is 3.24. The van der Waals surface area contributed by atoms with E-state index in [0.717, 1.165) is 22.6 Å². The lowest BCUT2D eigenvalue weighted by Gasteiger charge is -2.00. The van der Waals surface area contributed by atoms with Gasteiger partial charge in [0.25, 0.3) is 0 Å². The van der Waals surface area contributed by atoms with Crippen molar-refractivity contribution in [1.29, 1.82) is 0 Å². The van der Waals surface area contributed by atoms with E-state index in [0.29, 0.717) is 12.8 Å². The van der Waals surface area contributed by atoms with Gasteiger partial charge in [-0.2, -0.15) is 0 Å². The summed E-state index contributed by atoms with van der Waals surface area (Å²) in [5, 5.41) is 2.77. The van der Waals surface area contributed by atoms with E-state index < -0.39 is 5.97 Å². The Morgan fingerprint density at radius 1 is 1.47 bits per heavy atom.